The van der Waals surface area contributed by atoms with Crippen LogP contribution >= 0.6 is 0 Å². The fraction of sp³-hybridized carbons (Fsp3) is 0.529. The van der Waals surface area contributed by atoms with E-state index < -0.39 is 18.4 Å². The number of nitrogens with one attached hydrogen (secondary N) is 2. The number of hydrogen-bond acceptors (Lipinski definition) is 4. The molecule has 128 valence electrons. The quantitative estimate of drug-likeness (QED) is 0.536. The first-order chi connectivity index (χ1) is 11.2. The van der Waals surface area contributed by atoms with Crippen LogP contribution in [0.4, 0.5) is 9.59 Å². The highest BCUT2D eigenvalue weighted by atomic mass is 16.6. The Morgan fingerprint density at radius 1 is 0.913 bits per heavy atom. The summed E-state index contributed by atoms with van der Waals surface area (Å²) in [6, 6.07) is 9.14. The van der Waals surface area contributed by atoms with Gasteiger partial charge in [-0.25, -0.2) is 9.59 Å². The van der Waals surface area contributed by atoms with Gasteiger partial charge in [0.05, 0.1) is 13.2 Å². The molecule has 1 aromatic carbocycles. The number of alkyl carbamates (subject to hydrolysis) is 2. The number of rotatable bonds is 9. The molecule has 0 aromatic heterocycles. The topological polar surface area (TPSA) is 76.7 Å². The predicted molar refractivity (Wildman–Crippen MR) is 88.0 cm³/mol. The zero-order chi connectivity index (χ0) is 16.9. The minimum absolute atomic E-state index is 0.352. The first-order valence-electron chi connectivity index (χ1n) is 8.08. The SMILES string of the molecule is CCCCOC(=O)NC(NC(=O)OCCCC)c1ccccc1. The Kier molecular flexibility index (Phi) is 9.28. The molecule has 0 atom stereocenters. The van der Waals surface area contributed by atoms with Crippen molar-refractivity contribution < 1.29 is 19.1 Å². The molecule has 0 saturated carbocycles. The number of hydrogen-bond donors (Lipinski definition) is 2. The van der Waals surface area contributed by atoms with Crippen molar-refractivity contribution in [1.29, 1.82) is 0 Å². The van der Waals surface area contributed by atoms with Crippen LogP contribution in [0, 0.1) is 0 Å². The molecule has 1 rings (SSSR count). The first-order valence-corrected chi connectivity index (χ1v) is 8.08. The van der Waals surface area contributed by atoms with E-state index in [1.165, 1.54) is 0 Å². The van der Waals surface area contributed by atoms with Crippen LogP contribution in [0.5, 0.6) is 0 Å². The van der Waals surface area contributed by atoms with E-state index in [2.05, 4.69) is 10.6 Å². The standard InChI is InChI=1S/C17H26N2O4/c1-3-5-12-22-16(20)18-15(14-10-8-7-9-11-14)19-17(21)23-13-6-4-2/h7-11,15H,3-6,12-13H2,1-2H3,(H,18,20)(H,19,21). The zero-order valence-electron chi connectivity index (χ0n) is 13.8. The van der Waals surface area contributed by atoms with Crippen molar-refractivity contribution in [2.75, 3.05) is 13.2 Å². The molecule has 2 amide bonds. The Balaban J connectivity index is 2.59. The van der Waals surface area contributed by atoms with E-state index in [0.29, 0.717) is 13.2 Å². The van der Waals surface area contributed by atoms with E-state index in [4.69, 9.17) is 9.47 Å². The summed E-state index contributed by atoms with van der Waals surface area (Å²) in [5.74, 6) is 0. The third-order valence-corrected chi connectivity index (χ3v) is 3.12. The highest BCUT2D eigenvalue weighted by Gasteiger charge is 2.18. The fourth-order valence-electron chi connectivity index (χ4n) is 1.79. The number of amides is 2. The molecule has 6 heteroatoms. The molecule has 0 bridgehead atoms. The van der Waals surface area contributed by atoms with Crippen molar-refractivity contribution in [3.8, 4) is 0 Å². The van der Waals surface area contributed by atoms with Gasteiger partial charge >= 0.3 is 12.2 Å². The van der Waals surface area contributed by atoms with Gasteiger partial charge in [-0.1, -0.05) is 57.0 Å². The lowest BCUT2D eigenvalue weighted by molar-refractivity contribution is 0.128. The number of ether oxygens (including phenoxy) is 2. The second-order valence-corrected chi connectivity index (χ2v) is 5.11. The maximum Gasteiger partial charge on any atom is 0.409 e. The first kappa shape index (κ1) is 18.8. The van der Waals surface area contributed by atoms with Gasteiger partial charge in [-0.2, -0.15) is 0 Å². The largest absolute Gasteiger partial charge is 0.450 e. The molecule has 1 aromatic rings. The molecule has 0 heterocycles. The second-order valence-electron chi connectivity index (χ2n) is 5.11. The Labute approximate surface area is 137 Å². The Hall–Kier alpha value is -2.24. The maximum absolute atomic E-state index is 11.8. The smallest absolute Gasteiger partial charge is 0.409 e. The van der Waals surface area contributed by atoms with Crippen molar-refractivity contribution in [2.45, 2.75) is 45.7 Å². The number of unbranched alkanes of at least 4 members (excludes halogenated alkanes) is 2. The van der Waals surface area contributed by atoms with Gasteiger partial charge in [0.1, 0.15) is 6.17 Å². The minimum Gasteiger partial charge on any atom is -0.450 e. The summed E-state index contributed by atoms with van der Waals surface area (Å²) in [6.07, 6.45) is 1.66. The van der Waals surface area contributed by atoms with Crippen LogP contribution < -0.4 is 10.6 Å². The Morgan fingerprint density at radius 3 is 1.83 bits per heavy atom. The van der Waals surface area contributed by atoms with Gasteiger partial charge in [0.25, 0.3) is 0 Å². The summed E-state index contributed by atoms with van der Waals surface area (Å²) < 4.78 is 10.1. The molecule has 0 aliphatic carbocycles. The van der Waals surface area contributed by atoms with Gasteiger partial charge < -0.3 is 9.47 Å². The normalized spacial score (nSPS) is 10.2. The van der Waals surface area contributed by atoms with Crippen LogP contribution in [-0.4, -0.2) is 25.4 Å². The molecule has 0 unspecified atom stereocenters. The molecule has 0 fully saturated rings. The molecule has 6 nitrogen and oxygen atoms in total. The minimum atomic E-state index is -0.695. The van der Waals surface area contributed by atoms with Crippen molar-refractivity contribution in [3.05, 3.63) is 35.9 Å². The van der Waals surface area contributed by atoms with Crippen molar-refractivity contribution >= 4 is 12.2 Å². The van der Waals surface area contributed by atoms with E-state index in [1.54, 1.807) is 0 Å². The van der Waals surface area contributed by atoms with E-state index in [-0.39, 0.29) is 0 Å². The average Bonchev–Trinajstić information content (AvgIpc) is 2.55. The van der Waals surface area contributed by atoms with Crippen LogP contribution in [0.15, 0.2) is 30.3 Å². The summed E-state index contributed by atoms with van der Waals surface area (Å²) in [5, 5.41) is 5.28. The molecule has 2 N–H and O–H groups in total. The highest BCUT2D eigenvalue weighted by molar-refractivity contribution is 5.71. The lowest BCUT2D eigenvalue weighted by atomic mass is 10.2. The molecule has 0 aliphatic rings. The summed E-state index contributed by atoms with van der Waals surface area (Å²) in [4.78, 5) is 23.6. The van der Waals surface area contributed by atoms with Crippen molar-refractivity contribution in [1.82, 2.24) is 10.6 Å². The van der Waals surface area contributed by atoms with Crippen molar-refractivity contribution in [2.24, 2.45) is 0 Å². The molecular formula is C17H26N2O4. The number of benzene rings is 1. The number of carbonyl (C=O) groups excluding carboxylic acids is 2. The van der Waals surface area contributed by atoms with Gasteiger partial charge in [-0.3, -0.25) is 10.6 Å². The van der Waals surface area contributed by atoms with Gasteiger partial charge in [0.2, 0.25) is 0 Å². The van der Waals surface area contributed by atoms with E-state index >= 15 is 0 Å². The van der Waals surface area contributed by atoms with Crippen LogP contribution in [0.1, 0.15) is 51.3 Å². The molecule has 0 saturated heterocycles. The molecular weight excluding hydrogens is 296 g/mol. The molecule has 0 spiro atoms. The maximum atomic E-state index is 11.8. The van der Waals surface area contributed by atoms with Crippen LogP contribution in [-0.2, 0) is 9.47 Å². The van der Waals surface area contributed by atoms with Crippen LogP contribution in [0.3, 0.4) is 0 Å². The van der Waals surface area contributed by atoms with Crippen LogP contribution in [0.2, 0.25) is 0 Å². The summed E-state index contributed by atoms with van der Waals surface area (Å²) in [6.45, 7) is 4.74. The van der Waals surface area contributed by atoms with Gasteiger partial charge in [-0.05, 0) is 18.4 Å². The predicted octanol–water partition coefficient (Wildman–Crippen LogP) is 3.74. The second kappa shape index (κ2) is 11.3. The van der Waals surface area contributed by atoms with Gasteiger partial charge in [-0.15, -0.1) is 0 Å². The summed E-state index contributed by atoms with van der Waals surface area (Å²) >= 11 is 0. The average molecular weight is 322 g/mol. The van der Waals surface area contributed by atoms with Crippen LogP contribution in [0.25, 0.3) is 0 Å². The van der Waals surface area contributed by atoms with E-state index in [9.17, 15) is 9.59 Å². The lowest BCUT2D eigenvalue weighted by Crippen LogP contribution is -2.41. The summed E-state index contributed by atoms with van der Waals surface area (Å²) in [5.41, 5.74) is 0.743. The van der Waals surface area contributed by atoms with Crippen molar-refractivity contribution in [3.63, 3.8) is 0 Å². The number of carbonyl (C=O) groups is 2. The summed E-state index contributed by atoms with van der Waals surface area (Å²) in [7, 11) is 0. The monoisotopic (exact) mass is 322 g/mol. The molecule has 23 heavy (non-hydrogen) atoms. The molecule has 0 radical (unpaired) electrons. The van der Waals surface area contributed by atoms with E-state index in [0.717, 1.165) is 31.2 Å². The Morgan fingerprint density at radius 2 is 1.39 bits per heavy atom. The highest BCUT2D eigenvalue weighted by Crippen LogP contribution is 2.10. The molecule has 0 aliphatic heterocycles. The third kappa shape index (κ3) is 8.09. The van der Waals surface area contributed by atoms with E-state index in [1.807, 2.05) is 44.2 Å². The lowest BCUT2D eigenvalue weighted by Gasteiger charge is -2.20. The third-order valence-electron chi connectivity index (χ3n) is 3.12. The Bertz CT molecular complexity index is 441. The van der Waals surface area contributed by atoms with Gasteiger partial charge in [0, 0.05) is 0 Å². The zero-order valence-corrected chi connectivity index (χ0v) is 13.8. The fourth-order valence-corrected chi connectivity index (χ4v) is 1.79. The van der Waals surface area contributed by atoms with Gasteiger partial charge in [0.15, 0.2) is 0 Å².